The summed E-state index contributed by atoms with van der Waals surface area (Å²) < 4.78 is 0. The highest BCUT2D eigenvalue weighted by atomic mass is 14.9. The third-order valence-electron chi connectivity index (χ3n) is 6.74. The van der Waals surface area contributed by atoms with Gasteiger partial charge in [0.15, 0.2) is 5.82 Å². The van der Waals surface area contributed by atoms with Crippen LogP contribution in [0.1, 0.15) is 0 Å². The lowest BCUT2D eigenvalue weighted by atomic mass is 10.0. The van der Waals surface area contributed by atoms with E-state index in [4.69, 9.17) is 19.9 Å². The van der Waals surface area contributed by atoms with E-state index < -0.39 is 0 Å². The Hall–Kier alpha value is -5.22. The first-order valence-corrected chi connectivity index (χ1v) is 12.6. The van der Waals surface area contributed by atoms with Gasteiger partial charge in [0.2, 0.25) is 0 Å². The van der Waals surface area contributed by atoms with Crippen LogP contribution in [0.15, 0.2) is 134 Å². The van der Waals surface area contributed by atoms with Crippen molar-refractivity contribution in [3.05, 3.63) is 134 Å². The molecule has 4 heteroatoms. The number of pyridine rings is 2. The molecule has 7 aromatic rings. The summed E-state index contributed by atoms with van der Waals surface area (Å²) in [6, 6.07) is 43.0. The van der Waals surface area contributed by atoms with E-state index in [9.17, 15) is 0 Å². The van der Waals surface area contributed by atoms with E-state index >= 15 is 0 Å². The fraction of sp³-hybridized carbons (Fsp3) is 0. The Balaban J connectivity index is 1.35. The molecule has 3 heterocycles. The van der Waals surface area contributed by atoms with E-state index in [1.807, 2.05) is 79.0 Å². The minimum absolute atomic E-state index is 0.688. The van der Waals surface area contributed by atoms with Gasteiger partial charge in [-0.25, -0.2) is 15.0 Å². The first-order valence-electron chi connectivity index (χ1n) is 12.6. The molecule has 0 saturated heterocycles. The molecule has 178 valence electrons. The average Bonchev–Trinajstić information content (AvgIpc) is 3.01. The second kappa shape index (κ2) is 9.34. The molecule has 0 amide bonds. The number of hydrogen-bond donors (Lipinski definition) is 0. The largest absolute Gasteiger partial charge is 0.254 e. The van der Waals surface area contributed by atoms with Crippen molar-refractivity contribution in [1.82, 2.24) is 19.9 Å². The van der Waals surface area contributed by atoms with Gasteiger partial charge in [0.1, 0.15) is 0 Å². The lowest BCUT2D eigenvalue weighted by Gasteiger charge is -2.11. The summed E-state index contributed by atoms with van der Waals surface area (Å²) in [6.45, 7) is 0. The summed E-state index contributed by atoms with van der Waals surface area (Å²) in [5.41, 5.74) is 7.32. The molecule has 0 atom stereocenters. The van der Waals surface area contributed by atoms with Gasteiger partial charge in [-0.3, -0.25) is 4.98 Å². The smallest absolute Gasteiger partial charge is 0.160 e. The predicted molar refractivity (Wildman–Crippen MR) is 154 cm³/mol. The summed E-state index contributed by atoms with van der Waals surface area (Å²) in [5.74, 6) is 0.688. The van der Waals surface area contributed by atoms with Crippen molar-refractivity contribution in [3.8, 4) is 45.3 Å². The van der Waals surface area contributed by atoms with Crippen LogP contribution in [0.5, 0.6) is 0 Å². The molecule has 0 bridgehead atoms. The first-order chi connectivity index (χ1) is 18.8. The summed E-state index contributed by atoms with van der Waals surface area (Å²) >= 11 is 0. The minimum atomic E-state index is 0.688. The van der Waals surface area contributed by atoms with Gasteiger partial charge in [-0.15, -0.1) is 0 Å². The maximum absolute atomic E-state index is 5.00. The van der Waals surface area contributed by atoms with E-state index in [0.29, 0.717) is 5.82 Å². The number of rotatable bonds is 4. The van der Waals surface area contributed by atoms with Gasteiger partial charge in [0, 0.05) is 33.7 Å². The van der Waals surface area contributed by atoms with E-state index in [2.05, 4.69) is 54.6 Å². The second-order valence-corrected chi connectivity index (χ2v) is 9.15. The van der Waals surface area contributed by atoms with E-state index in [1.165, 1.54) is 5.39 Å². The Morgan fingerprint density at radius 2 is 1.00 bits per heavy atom. The van der Waals surface area contributed by atoms with Gasteiger partial charge >= 0.3 is 0 Å². The van der Waals surface area contributed by atoms with E-state index in [1.54, 1.807) is 0 Å². The summed E-state index contributed by atoms with van der Waals surface area (Å²) in [6.07, 6.45) is 1.88. The van der Waals surface area contributed by atoms with Gasteiger partial charge in [-0.1, -0.05) is 103 Å². The zero-order valence-corrected chi connectivity index (χ0v) is 20.5. The number of para-hydroxylation sites is 1. The van der Waals surface area contributed by atoms with Crippen LogP contribution in [0.4, 0.5) is 0 Å². The Morgan fingerprint density at radius 1 is 0.395 bits per heavy atom. The van der Waals surface area contributed by atoms with E-state index in [0.717, 1.165) is 55.8 Å². The second-order valence-electron chi connectivity index (χ2n) is 9.15. The maximum atomic E-state index is 5.00. The zero-order chi connectivity index (χ0) is 25.3. The van der Waals surface area contributed by atoms with Crippen molar-refractivity contribution >= 4 is 21.7 Å². The molecular weight excluding hydrogens is 464 g/mol. The molecule has 0 aliphatic heterocycles. The van der Waals surface area contributed by atoms with Crippen molar-refractivity contribution in [2.45, 2.75) is 0 Å². The minimum Gasteiger partial charge on any atom is -0.254 e. The standard InChI is InChI=1S/C34H22N4/c1-3-11-23(12-4-1)31-21-32(38-34(37-31)24-13-5-2-6-14-24)25-19-20-30(35-22-25)33-28-17-8-7-15-26(28)27-16-9-10-18-29(27)36-33/h1-22H. The summed E-state index contributed by atoms with van der Waals surface area (Å²) in [4.78, 5) is 19.7. The number of nitrogens with zero attached hydrogens (tertiary/aromatic N) is 4. The van der Waals surface area contributed by atoms with Crippen molar-refractivity contribution in [2.24, 2.45) is 0 Å². The van der Waals surface area contributed by atoms with Crippen LogP contribution in [0, 0.1) is 0 Å². The molecule has 0 spiro atoms. The molecule has 0 N–H and O–H groups in total. The van der Waals surface area contributed by atoms with Gasteiger partial charge in [-0.05, 0) is 29.7 Å². The first kappa shape index (κ1) is 22.0. The van der Waals surface area contributed by atoms with Crippen LogP contribution in [-0.4, -0.2) is 19.9 Å². The van der Waals surface area contributed by atoms with Crippen molar-refractivity contribution in [3.63, 3.8) is 0 Å². The Bertz CT molecular complexity index is 1840. The zero-order valence-electron chi connectivity index (χ0n) is 20.5. The van der Waals surface area contributed by atoms with Crippen LogP contribution in [0.3, 0.4) is 0 Å². The molecule has 0 aliphatic rings. The lowest BCUT2D eigenvalue weighted by Crippen LogP contribution is -1.97. The monoisotopic (exact) mass is 486 g/mol. The molecule has 4 nitrogen and oxygen atoms in total. The number of aromatic nitrogens is 4. The van der Waals surface area contributed by atoms with Crippen molar-refractivity contribution < 1.29 is 0 Å². The van der Waals surface area contributed by atoms with Crippen LogP contribution in [0.25, 0.3) is 67.0 Å². The van der Waals surface area contributed by atoms with Crippen LogP contribution < -0.4 is 0 Å². The van der Waals surface area contributed by atoms with Crippen molar-refractivity contribution in [1.29, 1.82) is 0 Å². The molecule has 0 unspecified atom stereocenters. The Labute approximate surface area is 220 Å². The van der Waals surface area contributed by atoms with E-state index in [-0.39, 0.29) is 0 Å². The molecule has 4 aromatic carbocycles. The van der Waals surface area contributed by atoms with Crippen molar-refractivity contribution in [2.75, 3.05) is 0 Å². The fourth-order valence-corrected chi connectivity index (χ4v) is 4.85. The number of fused-ring (bicyclic) bond motifs is 3. The molecule has 0 saturated carbocycles. The van der Waals surface area contributed by atoms with Crippen LogP contribution in [0.2, 0.25) is 0 Å². The molecule has 3 aromatic heterocycles. The molecule has 7 rings (SSSR count). The Morgan fingerprint density at radius 3 is 1.71 bits per heavy atom. The molecule has 0 aliphatic carbocycles. The molecular formula is C34H22N4. The average molecular weight is 487 g/mol. The van der Waals surface area contributed by atoms with Gasteiger partial charge in [0.25, 0.3) is 0 Å². The maximum Gasteiger partial charge on any atom is 0.160 e. The summed E-state index contributed by atoms with van der Waals surface area (Å²) in [7, 11) is 0. The third kappa shape index (κ3) is 3.98. The fourth-order valence-electron chi connectivity index (χ4n) is 4.85. The highest BCUT2D eigenvalue weighted by Crippen LogP contribution is 2.33. The van der Waals surface area contributed by atoms with Crippen LogP contribution >= 0.6 is 0 Å². The number of benzene rings is 4. The highest BCUT2D eigenvalue weighted by molar-refractivity contribution is 6.10. The topological polar surface area (TPSA) is 51.6 Å². The highest BCUT2D eigenvalue weighted by Gasteiger charge is 2.13. The third-order valence-corrected chi connectivity index (χ3v) is 6.74. The quantitative estimate of drug-likeness (QED) is 0.235. The van der Waals surface area contributed by atoms with Gasteiger partial charge < -0.3 is 0 Å². The molecule has 0 fully saturated rings. The lowest BCUT2D eigenvalue weighted by molar-refractivity contribution is 1.18. The summed E-state index contributed by atoms with van der Waals surface area (Å²) in [5, 5.41) is 3.41. The molecule has 38 heavy (non-hydrogen) atoms. The van der Waals surface area contributed by atoms with Crippen LogP contribution in [-0.2, 0) is 0 Å². The SMILES string of the molecule is c1ccc(-c2cc(-c3ccc(-c4nc5ccccc5c5ccccc45)nc3)nc(-c3ccccc3)n2)cc1. The Kier molecular flexibility index (Phi) is 5.41. The normalized spacial score (nSPS) is 11.2. The van der Waals surface area contributed by atoms with Gasteiger partial charge in [-0.2, -0.15) is 0 Å². The predicted octanol–water partition coefficient (Wildman–Crippen LogP) is 8.24. The molecule has 0 radical (unpaired) electrons. The number of hydrogen-bond acceptors (Lipinski definition) is 4. The van der Waals surface area contributed by atoms with Gasteiger partial charge in [0.05, 0.1) is 28.3 Å².